The second-order valence-corrected chi connectivity index (χ2v) is 2.52. The molecule has 0 aliphatic carbocycles. The summed E-state index contributed by atoms with van der Waals surface area (Å²) in [6.45, 7) is 2.24. The fourth-order valence-corrected chi connectivity index (χ4v) is 1.05. The van der Waals surface area contributed by atoms with E-state index in [1.54, 1.807) is 16.9 Å². The van der Waals surface area contributed by atoms with Crippen LogP contribution in [0.5, 0.6) is 0 Å². The van der Waals surface area contributed by atoms with Crippen molar-refractivity contribution in [1.29, 1.82) is 0 Å². The number of hydrogen-bond donors (Lipinski definition) is 1. The van der Waals surface area contributed by atoms with Gasteiger partial charge in [0.1, 0.15) is 11.3 Å². The number of aromatic nitrogens is 4. The van der Waals surface area contributed by atoms with Crippen molar-refractivity contribution < 1.29 is 0 Å². The summed E-state index contributed by atoms with van der Waals surface area (Å²) >= 11 is 0. The summed E-state index contributed by atoms with van der Waals surface area (Å²) in [4.78, 5) is 8.13. The van der Waals surface area contributed by atoms with E-state index in [1.165, 1.54) is 0 Å². The van der Waals surface area contributed by atoms with E-state index < -0.39 is 0 Å². The second kappa shape index (κ2) is 2.53. The molecule has 0 aromatic carbocycles. The molecule has 2 heterocycles. The summed E-state index contributed by atoms with van der Waals surface area (Å²) in [6, 6.07) is 0. The number of imidazole rings is 1. The van der Waals surface area contributed by atoms with Gasteiger partial charge in [0.05, 0.1) is 18.9 Å². The zero-order chi connectivity index (χ0) is 8.55. The monoisotopic (exact) mass is 163 g/mol. The third kappa shape index (κ3) is 0.947. The minimum absolute atomic E-state index is 0.355. The van der Waals surface area contributed by atoms with Gasteiger partial charge in [0.25, 0.3) is 0 Å². The Kier molecular flexibility index (Phi) is 1.51. The van der Waals surface area contributed by atoms with Crippen LogP contribution in [-0.2, 0) is 6.54 Å². The SMILES string of the molecule is Cc1ncc2cnc(CN)nn12. The van der Waals surface area contributed by atoms with Crippen molar-refractivity contribution in [3.8, 4) is 0 Å². The Labute approximate surface area is 69.2 Å². The molecule has 5 nitrogen and oxygen atoms in total. The average Bonchev–Trinajstić information content (AvgIpc) is 2.47. The van der Waals surface area contributed by atoms with Crippen LogP contribution in [0.1, 0.15) is 11.6 Å². The van der Waals surface area contributed by atoms with Crippen LogP contribution in [0, 0.1) is 6.92 Å². The first-order chi connectivity index (χ1) is 5.81. The molecule has 0 unspecified atom stereocenters. The van der Waals surface area contributed by atoms with Crippen LogP contribution in [0.15, 0.2) is 12.4 Å². The van der Waals surface area contributed by atoms with E-state index in [0.29, 0.717) is 12.4 Å². The lowest BCUT2D eigenvalue weighted by atomic mass is 10.5. The van der Waals surface area contributed by atoms with Gasteiger partial charge < -0.3 is 5.73 Å². The molecular weight excluding hydrogens is 154 g/mol. The third-order valence-corrected chi connectivity index (χ3v) is 1.68. The summed E-state index contributed by atoms with van der Waals surface area (Å²) in [6.07, 6.45) is 3.45. The average molecular weight is 163 g/mol. The second-order valence-electron chi connectivity index (χ2n) is 2.52. The zero-order valence-corrected chi connectivity index (χ0v) is 6.73. The first-order valence-corrected chi connectivity index (χ1v) is 3.67. The van der Waals surface area contributed by atoms with Crippen LogP contribution in [0.2, 0.25) is 0 Å². The van der Waals surface area contributed by atoms with Crippen LogP contribution in [0.25, 0.3) is 5.52 Å². The Morgan fingerprint density at radius 3 is 2.92 bits per heavy atom. The molecule has 0 fully saturated rings. The first-order valence-electron chi connectivity index (χ1n) is 3.67. The number of hydrogen-bond acceptors (Lipinski definition) is 4. The molecule has 2 rings (SSSR count). The van der Waals surface area contributed by atoms with Gasteiger partial charge in [-0.2, -0.15) is 0 Å². The van der Waals surface area contributed by atoms with Gasteiger partial charge in [-0.15, -0.1) is 5.10 Å². The maximum absolute atomic E-state index is 5.40. The van der Waals surface area contributed by atoms with Crippen LogP contribution >= 0.6 is 0 Å². The standard InChI is InChI=1S/C7H9N5/c1-5-9-3-6-4-10-7(2-8)11-12(5)6/h3-4H,2,8H2,1H3. The molecule has 0 saturated carbocycles. The first kappa shape index (κ1) is 7.17. The van der Waals surface area contributed by atoms with Gasteiger partial charge in [0, 0.05) is 0 Å². The van der Waals surface area contributed by atoms with Crippen LogP contribution in [0.4, 0.5) is 0 Å². The van der Waals surface area contributed by atoms with E-state index in [2.05, 4.69) is 15.1 Å². The molecule has 0 atom stereocenters. The predicted octanol–water partition coefficient (Wildman–Crippen LogP) is -0.109. The fraction of sp³-hybridized carbons (Fsp3) is 0.286. The summed E-state index contributed by atoms with van der Waals surface area (Å²) in [7, 11) is 0. The number of nitrogens with two attached hydrogens (primary N) is 1. The van der Waals surface area contributed by atoms with Crippen molar-refractivity contribution in [1.82, 2.24) is 19.6 Å². The van der Waals surface area contributed by atoms with Gasteiger partial charge in [-0.25, -0.2) is 14.5 Å². The Bertz CT molecular complexity index is 405. The van der Waals surface area contributed by atoms with Gasteiger partial charge in [-0.05, 0) is 6.92 Å². The van der Waals surface area contributed by atoms with Crippen molar-refractivity contribution in [3.63, 3.8) is 0 Å². The Morgan fingerprint density at radius 1 is 1.42 bits per heavy atom. The van der Waals surface area contributed by atoms with Crippen molar-refractivity contribution >= 4 is 5.52 Å². The Morgan fingerprint density at radius 2 is 2.17 bits per heavy atom. The largest absolute Gasteiger partial charge is 0.324 e. The molecule has 0 radical (unpaired) electrons. The van der Waals surface area contributed by atoms with Crippen LogP contribution in [-0.4, -0.2) is 19.6 Å². The van der Waals surface area contributed by atoms with E-state index in [4.69, 9.17) is 5.73 Å². The highest BCUT2D eigenvalue weighted by Gasteiger charge is 2.00. The summed E-state index contributed by atoms with van der Waals surface area (Å²) in [5.41, 5.74) is 6.29. The predicted molar refractivity (Wildman–Crippen MR) is 43.4 cm³/mol. The number of fused-ring (bicyclic) bond motifs is 1. The van der Waals surface area contributed by atoms with E-state index in [1.807, 2.05) is 6.92 Å². The normalized spacial score (nSPS) is 10.8. The maximum atomic E-state index is 5.40. The molecule has 12 heavy (non-hydrogen) atoms. The van der Waals surface area contributed by atoms with Crippen LogP contribution in [0.3, 0.4) is 0 Å². The van der Waals surface area contributed by atoms with Gasteiger partial charge in [0.2, 0.25) is 0 Å². The molecule has 0 bridgehead atoms. The van der Waals surface area contributed by atoms with Crippen molar-refractivity contribution in [2.75, 3.05) is 0 Å². The lowest BCUT2D eigenvalue weighted by molar-refractivity contribution is 0.775. The Balaban J connectivity index is 2.71. The molecule has 62 valence electrons. The maximum Gasteiger partial charge on any atom is 0.162 e. The molecular formula is C7H9N5. The van der Waals surface area contributed by atoms with Crippen molar-refractivity contribution in [2.24, 2.45) is 5.73 Å². The van der Waals surface area contributed by atoms with Gasteiger partial charge in [-0.3, -0.25) is 0 Å². The van der Waals surface area contributed by atoms with E-state index in [9.17, 15) is 0 Å². The quantitative estimate of drug-likeness (QED) is 0.637. The molecule has 2 N–H and O–H groups in total. The fourth-order valence-electron chi connectivity index (χ4n) is 1.05. The molecule has 2 aromatic heterocycles. The van der Waals surface area contributed by atoms with E-state index in [-0.39, 0.29) is 0 Å². The van der Waals surface area contributed by atoms with Crippen molar-refractivity contribution in [2.45, 2.75) is 13.5 Å². The van der Waals surface area contributed by atoms with E-state index in [0.717, 1.165) is 11.3 Å². The molecule has 2 aromatic rings. The molecule has 0 saturated heterocycles. The minimum atomic E-state index is 0.355. The zero-order valence-electron chi connectivity index (χ0n) is 6.73. The van der Waals surface area contributed by atoms with E-state index >= 15 is 0 Å². The van der Waals surface area contributed by atoms with Gasteiger partial charge in [-0.1, -0.05) is 0 Å². The molecule has 0 aliphatic heterocycles. The summed E-state index contributed by atoms with van der Waals surface area (Å²) < 4.78 is 1.73. The number of rotatable bonds is 1. The van der Waals surface area contributed by atoms with Gasteiger partial charge >= 0.3 is 0 Å². The topological polar surface area (TPSA) is 69.1 Å². The summed E-state index contributed by atoms with van der Waals surface area (Å²) in [5.74, 6) is 1.48. The third-order valence-electron chi connectivity index (χ3n) is 1.68. The molecule has 0 amide bonds. The van der Waals surface area contributed by atoms with Crippen molar-refractivity contribution in [3.05, 3.63) is 24.0 Å². The number of nitrogens with zero attached hydrogens (tertiary/aromatic N) is 4. The molecule has 0 spiro atoms. The smallest absolute Gasteiger partial charge is 0.162 e. The highest BCUT2D eigenvalue weighted by molar-refractivity contribution is 5.41. The Hall–Kier alpha value is -1.49. The summed E-state index contributed by atoms with van der Waals surface area (Å²) in [5, 5.41) is 4.17. The number of aryl methyl sites for hydroxylation is 1. The molecule has 0 aliphatic rings. The minimum Gasteiger partial charge on any atom is -0.324 e. The van der Waals surface area contributed by atoms with Crippen LogP contribution < -0.4 is 5.73 Å². The lowest BCUT2D eigenvalue weighted by Gasteiger charge is -1.96. The highest BCUT2D eigenvalue weighted by Crippen LogP contribution is 2.01. The lowest BCUT2D eigenvalue weighted by Crippen LogP contribution is -2.07. The molecule has 5 heteroatoms. The van der Waals surface area contributed by atoms with Gasteiger partial charge in [0.15, 0.2) is 5.82 Å². The highest BCUT2D eigenvalue weighted by atomic mass is 15.3.